The molecule has 1 saturated heterocycles. The monoisotopic (exact) mass is 385 g/mol. The highest BCUT2D eigenvalue weighted by molar-refractivity contribution is 7.98. The van der Waals surface area contributed by atoms with Gasteiger partial charge in [-0.25, -0.2) is 9.37 Å². The number of hydrogen-bond acceptors (Lipinski definition) is 4. The number of nitrogens with zero attached hydrogens (tertiary/aromatic N) is 1. The number of pyridine rings is 1. The second-order valence-electron chi connectivity index (χ2n) is 7.52. The van der Waals surface area contributed by atoms with Crippen LogP contribution in [0, 0.1) is 11.7 Å². The van der Waals surface area contributed by atoms with E-state index < -0.39 is 0 Å². The highest BCUT2D eigenvalue weighted by Gasteiger charge is 2.48. The van der Waals surface area contributed by atoms with Crippen molar-refractivity contribution in [1.29, 1.82) is 0 Å². The Morgan fingerprint density at radius 2 is 2.19 bits per heavy atom. The summed E-state index contributed by atoms with van der Waals surface area (Å²) in [6.45, 7) is 0.983. The summed E-state index contributed by atoms with van der Waals surface area (Å²) in [4.78, 5) is 17.4. The van der Waals surface area contributed by atoms with Crippen molar-refractivity contribution in [3.05, 3.63) is 59.5 Å². The summed E-state index contributed by atoms with van der Waals surface area (Å²) in [7, 11) is 0. The van der Waals surface area contributed by atoms with Crippen LogP contribution in [-0.4, -0.2) is 29.2 Å². The van der Waals surface area contributed by atoms with Gasteiger partial charge >= 0.3 is 0 Å². The summed E-state index contributed by atoms with van der Waals surface area (Å²) >= 11 is 1.46. The number of benzene rings is 1. The largest absolute Gasteiger partial charge is 0.343 e. The molecule has 1 aliphatic carbocycles. The smallest absolute Gasteiger partial charge is 0.254 e. The summed E-state index contributed by atoms with van der Waals surface area (Å²) in [5.74, 6) is 0.255. The van der Waals surface area contributed by atoms with Crippen molar-refractivity contribution in [3.63, 3.8) is 0 Å². The lowest BCUT2D eigenvalue weighted by Gasteiger charge is -2.41. The van der Waals surface area contributed by atoms with Gasteiger partial charge in [0.15, 0.2) is 0 Å². The van der Waals surface area contributed by atoms with E-state index >= 15 is 0 Å². The predicted octanol–water partition coefficient (Wildman–Crippen LogP) is 3.95. The Balaban J connectivity index is 1.68. The van der Waals surface area contributed by atoms with Gasteiger partial charge in [0.2, 0.25) is 0 Å². The second kappa shape index (κ2) is 7.60. The predicted molar refractivity (Wildman–Crippen MR) is 105 cm³/mol. The van der Waals surface area contributed by atoms with E-state index in [1.165, 1.54) is 30.3 Å². The number of fused-ring (bicyclic) bond motifs is 2. The molecule has 2 fully saturated rings. The molecule has 2 aliphatic rings. The average Bonchev–Trinajstić information content (AvgIpc) is 3.01. The Hall–Kier alpha value is -1.92. The first-order chi connectivity index (χ1) is 13.1. The highest BCUT2D eigenvalue weighted by atomic mass is 32.2. The third-order valence-corrected chi connectivity index (χ3v) is 6.58. The first-order valence-corrected chi connectivity index (χ1v) is 10.6. The second-order valence-corrected chi connectivity index (χ2v) is 8.31. The molecular weight excluding hydrogens is 361 g/mol. The number of rotatable bonds is 5. The maximum absolute atomic E-state index is 13.5. The molecular formula is C21H24FN3OS. The molecule has 1 aliphatic heterocycles. The van der Waals surface area contributed by atoms with Crippen LogP contribution in [0.4, 0.5) is 4.39 Å². The SMILES string of the molecule is CSc1ncccc1C(=O)NC(c1ccc(F)cc1)[C@@]12CCC[C@@H](CN1)C2. The molecule has 2 aromatic rings. The van der Waals surface area contributed by atoms with Crippen molar-refractivity contribution in [2.24, 2.45) is 5.92 Å². The molecule has 27 heavy (non-hydrogen) atoms. The minimum Gasteiger partial charge on any atom is -0.343 e. The molecule has 0 radical (unpaired) electrons. The molecule has 2 bridgehead atoms. The summed E-state index contributed by atoms with van der Waals surface area (Å²) < 4.78 is 13.5. The van der Waals surface area contributed by atoms with Crippen LogP contribution in [-0.2, 0) is 0 Å². The van der Waals surface area contributed by atoms with Crippen molar-refractivity contribution in [3.8, 4) is 0 Å². The summed E-state index contributed by atoms with van der Waals surface area (Å²) in [5, 5.41) is 7.67. The molecule has 142 valence electrons. The van der Waals surface area contributed by atoms with Gasteiger partial charge in [-0.05, 0) is 67.8 Å². The van der Waals surface area contributed by atoms with E-state index in [-0.39, 0.29) is 23.3 Å². The van der Waals surface area contributed by atoms with E-state index in [0.29, 0.717) is 16.5 Å². The van der Waals surface area contributed by atoms with E-state index in [1.54, 1.807) is 30.5 Å². The number of amides is 1. The Morgan fingerprint density at radius 1 is 1.37 bits per heavy atom. The Labute approximate surface area is 163 Å². The van der Waals surface area contributed by atoms with E-state index in [1.807, 2.05) is 6.26 Å². The van der Waals surface area contributed by atoms with Gasteiger partial charge in [0, 0.05) is 11.7 Å². The maximum Gasteiger partial charge on any atom is 0.254 e. The van der Waals surface area contributed by atoms with Crippen LogP contribution in [0.1, 0.15) is 47.6 Å². The molecule has 2 heterocycles. The standard InChI is InChI=1S/C21H24FN3OS/c1-27-20-17(5-3-11-23-20)19(26)25-18(15-6-8-16(22)9-7-15)21-10-2-4-14(12-21)13-24-21/h3,5-9,11,14,18,24H,2,4,10,12-13H2,1H3,(H,25,26)/t14-,18?,21+/m1/s1. The van der Waals surface area contributed by atoms with Gasteiger partial charge in [-0.2, -0.15) is 0 Å². The lowest BCUT2D eigenvalue weighted by atomic mass is 9.73. The van der Waals surface area contributed by atoms with Crippen LogP contribution >= 0.6 is 11.8 Å². The zero-order chi connectivity index (χ0) is 18.9. The highest BCUT2D eigenvalue weighted by Crippen LogP contribution is 2.45. The average molecular weight is 386 g/mol. The quantitative estimate of drug-likeness (QED) is 0.766. The van der Waals surface area contributed by atoms with E-state index in [9.17, 15) is 9.18 Å². The van der Waals surface area contributed by atoms with Crippen LogP contribution in [0.15, 0.2) is 47.6 Å². The minimum absolute atomic E-state index is 0.132. The van der Waals surface area contributed by atoms with Gasteiger partial charge in [0.1, 0.15) is 10.8 Å². The van der Waals surface area contributed by atoms with Gasteiger partial charge in [-0.1, -0.05) is 18.6 Å². The van der Waals surface area contributed by atoms with E-state index in [4.69, 9.17) is 0 Å². The molecule has 4 nitrogen and oxygen atoms in total. The van der Waals surface area contributed by atoms with Crippen molar-refractivity contribution >= 4 is 17.7 Å². The van der Waals surface area contributed by atoms with Crippen molar-refractivity contribution < 1.29 is 9.18 Å². The molecule has 0 spiro atoms. The fourth-order valence-corrected chi connectivity index (χ4v) is 5.15. The van der Waals surface area contributed by atoms with E-state index in [0.717, 1.165) is 31.4 Å². The molecule has 3 atom stereocenters. The zero-order valence-electron chi connectivity index (χ0n) is 15.4. The number of carbonyl (C=O) groups excluding carboxylic acids is 1. The molecule has 1 amide bonds. The first kappa shape index (κ1) is 18.4. The Kier molecular flexibility index (Phi) is 5.19. The fraction of sp³-hybridized carbons (Fsp3) is 0.429. The van der Waals surface area contributed by atoms with Crippen LogP contribution in [0.5, 0.6) is 0 Å². The van der Waals surface area contributed by atoms with Gasteiger partial charge < -0.3 is 10.6 Å². The lowest BCUT2D eigenvalue weighted by Crippen LogP contribution is -2.52. The number of nitrogens with one attached hydrogen (secondary N) is 2. The molecule has 2 N–H and O–H groups in total. The van der Waals surface area contributed by atoms with Crippen LogP contribution in [0.2, 0.25) is 0 Å². The normalized spacial score (nSPS) is 25.2. The topological polar surface area (TPSA) is 54.0 Å². The van der Waals surface area contributed by atoms with Gasteiger partial charge in [0.25, 0.3) is 5.91 Å². The number of hydrogen-bond donors (Lipinski definition) is 2. The zero-order valence-corrected chi connectivity index (χ0v) is 16.2. The van der Waals surface area contributed by atoms with Gasteiger partial charge in [0.05, 0.1) is 11.6 Å². The van der Waals surface area contributed by atoms with Crippen LogP contribution in [0.3, 0.4) is 0 Å². The van der Waals surface area contributed by atoms with Crippen LogP contribution in [0.25, 0.3) is 0 Å². The number of carbonyl (C=O) groups is 1. The maximum atomic E-state index is 13.5. The van der Waals surface area contributed by atoms with Crippen LogP contribution < -0.4 is 10.6 Å². The van der Waals surface area contributed by atoms with Crippen molar-refractivity contribution in [1.82, 2.24) is 15.6 Å². The molecule has 1 saturated carbocycles. The first-order valence-electron chi connectivity index (χ1n) is 9.42. The fourth-order valence-electron chi connectivity index (χ4n) is 4.60. The van der Waals surface area contributed by atoms with Gasteiger partial charge in [-0.15, -0.1) is 11.8 Å². The molecule has 6 heteroatoms. The Bertz CT molecular complexity index is 824. The van der Waals surface area contributed by atoms with Gasteiger partial charge in [-0.3, -0.25) is 4.79 Å². The summed E-state index contributed by atoms with van der Waals surface area (Å²) in [6.07, 6.45) is 8.04. The van der Waals surface area contributed by atoms with Crippen molar-refractivity contribution in [2.75, 3.05) is 12.8 Å². The third kappa shape index (κ3) is 3.60. The minimum atomic E-state index is -0.265. The summed E-state index contributed by atoms with van der Waals surface area (Å²) in [6, 6.07) is 9.90. The molecule has 1 aromatic carbocycles. The third-order valence-electron chi connectivity index (χ3n) is 5.87. The number of halogens is 1. The summed E-state index contributed by atoms with van der Waals surface area (Å²) in [5.41, 5.74) is 1.35. The number of thioether (sulfide) groups is 1. The molecule has 1 aromatic heterocycles. The number of aromatic nitrogens is 1. The van der Waals surface area contributed by atoms with E-state index in [2.05, 4.69) is 15.6 Å². The lowest BCUT2D eigenvalue weighted by molar-refractivity contribution is 0.0889. The van der Waals surface area contributed by atoms with Crippen molar-refractivity contribution in [2.45, 2.75) is 42.3 Å². The molecule has 1 unspecified atom stereocenters. The Morgan fingerprint density at radius 3 is 2.96 bits per heavy atom. The molecule has 4 rings (SSSR count).